The summed E-state index contributed by atoms with van der Waals surface area (Å²) in [4.78, 5) is 26.5. The minimum absolute atomic E-state index is 0.0964. The largest absolute Gasteiger partial charge is 0.454 e. The van der Waals surface area contributed by atoms with E-state index in [1.165, 1.54) is 38.5 Å². The lowest BCUT2D eigenvalue weighted by molar-refractivity contribution is -0.305. The lowest BCUT2D eigenvalue weighted by Crippen LogP contribution is -2.61. The summed E-state index contributed by atoms with van der Waals surface area (Å²) in [5.41, 5.74) is 0. The van der Waals surface area contributed by atoms with Crippen LogP contribution in [-0.2, 0) is 23.8 Å². The molecule has 0 aromatic rings. The molecule has 0 aromatic carbocycles. The number of nitrogens with one attached hydrogen (secondary N) is 1. The van der Waals surface area contributed by atoms with Crippen LogP contribution in [0.5, 0.6) is 0 Å². The minimum Gasteiger partial charge on any atom is -0.454 e. The predicted octanol–water partition coefficient (Wildman–Crippen LogP) is 14.1. The number of esters is 1. The van der Waals surface area contributed by atoms with Gasteiger partial charge >= 0.3 is 5.97 Å². The van der Waals surface area contributed by atoms with E-state index in [2.05, 4.69) is 92.9 Å². The molecule has 1 amide bonds. The Balaban J connectivity index is 2.69. The summed E-state index contributed by atoms with van der Waals surface area (Å²) in [7, 11) is 0. The Labute approximate surface area is 467 Å². The zero-order chi connectivity index (χ0) is 56.1. The van der Waals surface area contributed by atoms with Crippen LogP contribution in [0.15, 0.2) is 134 Å². The van der Waals surface area contributed by atoms with Crippen molar-refractivity contribution in [1.82, 2.24) is 5.32 Å². The number of amides is 1. The van der Waals surface area contributed by atoms with Gasteiger partial charge in [0.15, 0.2) is 12.4 Å². The molecule has 1 rings (SSSR count). The third-order valence-electron chi connectivity index (χ3n) is 13.2. The number of unbranched alkanes of at least 4 members (excludes halogenated alkanes) is 18. The molecule has 436 valence electrons. The summed E-state index contributed by atoms with van der Waals surface area (Å²) in [6.45, 7) is 5.46. The number of carbonyl (C=O) groups is 2. The first-order valence-electron chi connectivity index (χ1n) is 30.0. The number of carbonyl (C=O) groups excluding carboxylic acids is 2. The van der Waals surface area contributed by atoms with Crippen molar-refractivity contribution in [3.8, 4) is 0 Å². The highest BCUT2D eigenvalue weighted by atomic mass is 16.7. The van der Waals surface area contributed by atoms with Gasteiger partial charge < -0.3 is 45.1 Å². The molecule has 0 aliphatic carbocycles. The molecule has 8 atom stereocenters. The normalized spacial score (nSPS) is 20.0. The van der Waals surface area contributed by atoms with Crippen LogP contribution >= 0.6 is 0 Å². The maximum absolute atomic E-state index is 13.4. The molecule has 1 saturated heterocycles. The third-order valence-corrected chi connectivity index (χ3v) is 13.2. The first-order valence-corrected chi connectivity index (χ1v) is 30.0. The van der Waals surface area contributed by atoms with Crippen molar-refractivity contribution in [1.29, 1.82) is 0 Å². The Morgan fingerprint density at radius 2 is 1.00 bits per heavy atom. The Bertz CT molecular complexity index is 1760. The van der Waals surface area contributed by atoms with E-state index in [4.69, 9.17) is 14.2 Å². The van der Waals surface area contributed by atoms with Crippen molar-refractivity contribution < 1.29 is 49.3 Å². The molecule has 11 nitrogen and oxygen atoms in total. The van der Waals surface area contributed by atoms with Crippen LogP contribution in [0.1, 0.15) is 207 Å². The van der Waals surface area contributed by atoms with Crippen molar-refractivity contribution >= 4 is 11.9 Å². The highest BCUT2D eigenvalue weighted by Gasteiger charge is 2.47. The zero-order valence-electron chi connectivity index (χ0n) is 48.0. The van der Waals surface area contributed by atoms with Gasteiger partial charge in [-0.05, 0) is 89.9 Å². The summed E-state index contributed by atoms with van der Waals surface area (Å²) >= 11 is 0. The number of aliphatic hydroxyl groups is 5. The van der Waals surface area contributed by atoms with E-state index in [1.807, 2.05) is 60.8 Å². The fourth-order valence-electron chi connectivity index (χ4n) is 8.46. The van der Waals surface area contributed by atoms with E-state index in [1.54, 1.807) is 6.08 Å². The Kier molecular flexibility index (Phi) is 48.3. The molecule has 0 bridgehead atoms. The van der Waals surface area contributed by atoms with Gasteiger partial charge in [0, 0.05) is 6.42 Å². The van der Waals surface area contributed by atoms with Crippen LogP contribution in [0.2, 0.25) is 0 Å². The van der Waals surface area contributed by atoms with Crippen LogP contribution in [-0.4, -0.2) is 99.6 Å². The zero-order valence-corrected chi connectivity index (χ0v) is 48.0. The van der Waals surface area contributed by atoms with Crippen LogP contribution in [0.3, 0.4) is 0 Å². The van der Waals surface area contributed by atoms with E-state index in [0.717, 1.165) is 122 Å². The summed E-state index contributed by atoms with van der Waals surface area (Å²) in [5, 5.41) is 56.8. The molecule has 0 saturated carbocycles. The Morgan fingerprint density at radius 1 is 0.532 bits per heavy atom. The number of rotatable bonds is 48. The summed E-state index contributed by atoms with van der Waals surface area (Å²) in [6, 6.07) is -1.06. The van der Waals surface area contributed by atoms with Gasteiger partial charge in [0.1, 0.15) is 24.4 Å². The van der Waals surface area contributed by atoms with Gasteiger partial charge in [-0.1, -0.05) is 244 Å². The lowest BCUT2D eigenvalue weighted by atomic mass is 9.99. The molecule has 77 heavy (non-hydrogen) atoms. The summed E-state index contributed by atoms with van der Waals surface area (Å²) in [6.07, 6.45) is 63.5. The van der Waals surface area contributed by atoms with E-state index < -0.39 is 67.4 Å². The van der Waals surface area contributed by atoms with Crippen molar-refractivity contribution in [2.24, 2.45) is 0 Å². The third kappa shape index (κ3) is 40.6. The summed E-state index contributed by atoms with van der Waals surface area (Å²) < 4.78 is 17.6. The highest BCUT2D eigenvalue weighted by Crippen LogP contribution is 2.26. The smallest absolute Gasteiger partial charge is 0.306 e. The van der Waals surface area contributed by atoms with Crippen LogP contribution in [0.4, 0.5) is 0 Å². The van der Waals surface area contributed by atoms with Gasteiger partial charge in [-0.15, -0.1) is 0 Å². The highest BCUT2D eigenvalue weighted by molar-refractivity contribution is 5.80. The molecule has 11 heteroatoms. The molecule has 1 aliphatic heterocycles. The topological polar surface area (TPSA) is 175 Å². The molecule has 0 radical (unpaired) electrons. The molecule has 1 fully saturated rings. The maximum atomic E-state index is 13.4. The maximum Gasteiger partial charge on any atom is 0.306 e. The molecule has 1 heterocycles. The van der Waals surface area contributed by atoms with Gasteiger partial charge in [0.05, 0.1) is 25.4 Å². The van der Waals surface area contributed by atoms with E-state index in [-0.39, 0.29) is 19.4 Å². The Morgan fingerprint density at radius 3 is 1.56 bits per heavy atom. The van der Waals surface area contributed by atoms with Crippen LogP contribution < -0.4 is 5.32 Å². The number of ether oxygens (including phenoxy) is 3. The molecule has 6 N–H and O–H groups in total. The molecular weight excluding hydrogens is 967 g/mol. The first-order chi connectivity index (χ1) is 37.7. The number of aliphatic hydroxyl groups excluding tert-OH is 5. The van der Waals surface area contributed by atoms with E-state index in [0.29, 0.717) is 12.8 Å². The van der Waals surface area contributed by atoms with E-state index >= 15 is 0 Å². The average Bonchev–Trinajstić information content (AvgIpc) is 3.43. The second kappa shape index (κ2) is 52.5. The lowest BCUT2D eigenvalue weighted by Gasteiger charge is -2.41. The van der Waals surface area contributed by atoms with E-state index in [9.17, 15) is 35.1 Å². The average molecular weight is 1070 g/mol. The van der Waals surface area contributed by atoms with Crippen molar-refractivity contribution in [2.45, 2.75) is 256 Å². The van der Waals surface area contributed by atoms with Gasteiger partial charge in [0.25, 0.3) is 0 Å². The SMILES string of the molecule is CC/C=C\C/C=C\C/C=C\C/C=C\C/C=C\CCCCCCCCCC(=O)OC1C(OCC(NC(=O)C(O)CCCC/C=C/C=C\C=C/C=C/C=C/CC)C(O)/C=C/CCCCCCCCCCC)OC(CO)C(O)C1O. The standard InChI is InChI=1S/C66H107NO10/c1-4-7-10-13-16-19-22-24-26-27-28-29-30-31-32-33-34-36-39-42-45-48-51-54-61(71)77-64-63(73)62(72)60(55-68)76-66(64)75-56-57(58(69)52-49-46-43-40-37-21-18-15-12-9-6-3)67-65(74)59(70)53-50-47-44-41-38-35-25-23-20-17-14-11-8-5-2/h7-8,10-11,14,16-17,19-20,23-26,28-29,31-32,35,38,41,49,52,57-60,62-64,66,68-70,72-73H,4-6,9,12-13,15,18,21-22,27,30,33-34,36-37,39-40,42-48,50-51,53-56H2,1-3H3,(H,67,74)/b10-7-,11-8+,17-14+,19-16-,23-20-,26-24-,29-28-,32-31-,35-25-,41-38+,52-49+. The molecule has 0 aromatic heterocycles. The van der Waals surface area contributed by atoms with Crippen molar-refractivity contribution in [3.05, 3.63) is 134 Å². The van der Waals surface area contributed by atoms with Crippen molar-refractivity contribution in [2.75, 3.05) is 13.2 Å². The van der Waals surface area contributed by atoms with Gasteiger partial charge in [-0.2, -0.15) is 0 Å². The van der Waals surface area contributed by atoms with Crippen LogP contribution in [0, 0.1) is 0 Å². The predicted molar refractivity (Wildman–Crippen MR) is 319 cm³/mol. The molecule has 0 spiro atoms. The van der Waals surface area contributed by atoms with Crippen LogP contribution in [0.25, 0.3) is 0 Å². The van der Waals surface area contributed by atoms with Gasteiger partial charge in [0.2, 0.25) is 5.91 Å². The molecular formula is C66H107NO10. The summed E-state index contributed by atoms with van der Waals surface area (Å²) in [5.74, 6) is -1.26. The number of allylic oxidation sites excluding steroid dienone is 21. The Hall–Kier alpha value is -4.20. The van der Waals surface area contributed by atoms with Gasteiger partial charge in [-0.25, -0.2) is 0 Å². The van der Waals surface area contributed by atoms with Gasteiger partial charge in [-0.3, -0.25) is 9.59 Å². The number of hydrogen-bond donors (Lipinski definition) is 6. The second-order valence-corrected chi connectivity index (χ2v) is 20.1. The minimum atomic E-state index is -1.64. The second-order valence-electron chi connectivity index (χ2n) is 20.1. The number of hydrogen-bond acceptors (Lipinski definition) is 10. The molecule has 1 aliphatic rings. The fourth-order valence-corrected chi connectivity index (χ4v) is 8.46. The first kappa shape index (κ1) is 70.8. The fraction of sp³-hybridized carbons (Fsp3) is 0.636. The van der Waals surface area contributed by atoms with Crippen molar-refractivity contribution in [3.63, 3.8) is 0 Å². The molecule has 8 unspecified atom stereocenters. The quantitative estimate of drug-likeness (QED) is 0.0149. The monoisotopic (exact) mass is 1070 g/mol.